The van der Waals surface area contributed by atoms with Gasteiger partial charge in [-0.05, 0) is 31.0 Å². The van der Waals surface area contributed by atoms with Crippen molar-refractivity contribution in [2.24, 2.45) is 4.99 Å². The molecule has 158 valence electrons. The molecular weight excluding hydrogens is 393 g/mol. The van der Waals surface area contributed by atoms with Gasteiger partial charge in [0.2, 0.25) is 0 Å². The van der Waals surface area contributed by atoms with Crippen LogP contribution in [-0.2, 0) is 14.6 Å². The molecular formula is C21H28FN3O3S. The lowest BCUT2D eigenvalue weighted by Crippen LogP contribution is -2.40. The van der Waals surface area contributed by atoms with Crippen molar-refractivity contribution in [2.45, 2.75) is 24.3 Å². The van der Waals surface area contributed by atoms with E-state index in [4.69, 9.17) is 4.74 Å². The first-order valence-corrected chi connectivity index (χ1v) is 11.2. The lowest BCUT2D eigenvalue weighted by molar-refractivity contribution is 0.0646. The Kier molecular flexibility index (Phi) is 9.08. The van der Waals surface area contributed by atoms with Crippen molar-refractivity contribution >= 4 is 15.8 Å². The molecule has 29 heavy (non-hydrogen) atoms. The third-order valence-electron chi connectivity index (χ3n) is 4.31. The molecule has 0 amide bonds. The van der Waals surface area contributed by atoms with E-state index in [0.29, 0.717) is 19.1 Å². The zero-order valence-corrected chi connectivity index (χ0v) is 17.6. The average Bonchev–Trinajstić information content (AvgIpc) is 2.72. The van der Waals surface area contributed by atoms with Gasteiger partial charge in [0.15, 0.2) is 15.8 Å². The number of halogens is 1. The molecule has 0 saturated heterocycles. The Balaban J connectivity index is 1.67. The number of hydrogen-bond acceptors (Lipinski definition) is 4. The van der Waals surface area contributed by atoms with E-state index in [1.54, 1.807) is 7.05 Å². The summed E-state index contributed by atoms with van der Waals surface area (Å²) in [5, 5.41) is 6.05. The van der Waals surface area contributed by atoms with E-state index in [1.165, 1.54) is 18.2 Å². The van der Waals surface area contributed by atoms with Crippen LogP contribution in [0.4, 0.5) is 4.39 Å². The molecule has 0 bridgehead atoms. The van der Waals surface area contributed by atoms with E-state index < -0.39 is 15.7 Å². The van der Waals surface area contributed by atoms with Gasteiger partial charge < -0.3 is 15.4 Å². The molecule has 0 aliphatic rings. The van der Waals surface area contributed by atoms with E-state index >= 15 is 0 Å². The van der Waals surface area contributed by atoms with E-state index in [1.807, 2.05) is 37.3 Å². The normalized spacial score (nSPS) is 13.1. The molecule has 2 N–H and O–H groups in total. The van der Waals surface area contributed by atoms with Gasteiger partial charge in [-0.3, -0.25) is 4.99 Å². The fourth-order valence-electron chi connectivity index (χ4n) is 2.69. The summed E-state index contributed by atoms with van der Waals surface area (Å²) in [5.74, 6) is -0.476. The quantitative estimate of drug-likeness (QED) is 0.350. The van der Waals surface area contributed by atoms with Crippen molar-refractivity contribution in [1.82, 2.24) is 10.6 Å². The van der Waals surface area contributed by atoms with Crippen molar-refractivity contribution in [1.29, 1.82) is 0 Å². The molecule has 8 heteroatoms. The van der Waals surface area contributed by atoms with Gasteiger partial charge in [0.05, 0.1) is 11.9 Å². The minimum absolute atomic E-state index is 0.0252. The maximum Gasteiger partial charge on any atom is 0.191 e. The van der Waals surface area contributed by atoms with E-state index in [2.05, 4.69) is 15.6 Å². The number of nitrogens with one attached hydrogen (secondary N) is 2. The summed E-state index contributed by atoms with van der Waals surface area (Å²) in [7, 11) is -2.09. The highest BCUT2D eigenvalue weighted by molar-refractivity contribution is 7.91. The van der Waals surface area contributed by atoms with Gasteiger partial charge in [-0.2, -0.15) is 0 Å². The zero-order chi connectivity index (χ0) is 21.1. The minimum Gasteiger partial charge on any atom is -0.374 e. The second-order valence-corrected chi connectivity index (χ2v) is 8.53. The van der Waals surface area contributed by atoms with Crippen molar-refractivity contribution in [3.8, 4) is 0 Å². The second-order valence-electron chi connectivity index (χ2n) is 6.45. The summed E-state index contributed by atoms with van der Waals surface area (Å²) in [6, 6.07) is 15.4. The van der Waals surface area contributed by atoms with E-state index in [-0.39, 0.29) is 23.3 Å². The standard InChI is InChI=1S/C21H28FN3O3S/c1-17(18-9-4-3-5-10-18)28-15-8-13-24-21(23-2)25-14-16-29(26,27)20-12-7-6-11-19(20)22/h3-7,9-12,17H,8,13-16H2,1-2H3,(H2,23,24,25). The van der Waals surface area contributed by atoms with Crippen LogP contribution in [0.3, 0.4) is 0 Å². The molecule has 0 heterocycles. The molecule has 6 nitrogen and oxygen atoms in total. The summed E-state index contributed by atoms with van der Waals surface area (Å²) >= 11 is 0. The number of sulfone groups is 1. The first kappa shape index (κ1) is 22.8. The molecule has 2 rings (SSSR count). The maximum atomic E-state index is 13.7. The lowest BCUT2D eigenvalue weighted by Gasteiger charge is -2.15. The Labute approximate surface area is 172 Å². The Morgan fingerprint density at radius 3 is 2.41 bits per heavy atom. The van der Waals surface area contributed by atoms with Crippen molar-refractivity contribution < 1.29 is 17.5 Å². The van der Waals surface area contributed by atoms with E-state index in [9.17, 15) is 12.8 Å². The van der Waals surface area contributed by atoms with Gasteiger partial charge >= 0.3 is 0 Å². The smallest absolute Gasteiger partial charge is 0.191 e. The van der Waals surface area contributed by atoms with Crippen LogP contribution in [0.15, 0.2) is 64.5 Å². The second kappa shape index (κ2) is 11.5. The highest BCUT2D eigenvalue weighted by Crippen LogP contribution is 2.16. The largest absolute Gasteiger partial charge is 0.374 e. The first-order valence-electron chi connectivity index (χ1n) is 9.52. The molecule has 1 atom stereocenters. The molecule has 0 aromatic heterocycles. The van der Waals surface area contributed by atoms with Gasteiger partial charge in [0.1, 0.15) is 10.7 Å². The van der Waals surface area contributed by atoms with Crippen LogP contribution in [-0.4, -0.2) is 46.9 Å². The van der Waals surface area contributed by atoms with Gasteiger partial charge in [0.25, 0.3) is 0 Å². The molecule has 0 radical (unpaired) electrons. The van der Waals surface area contributed by atoms with Crippen LogP contribution >= 0.6 is 0 Å². The molecule has 2 aromatic rings. The van der Waals surface area contributed by atoms with Gasteiger partial charge in [-0.25, -0.2) is 12.8 Å². The van der Waals surface area contributed by atoms with Crippen molar-refractivity contribution in [2.75, 3.05) is 32.5 Å². The molecule has 2 aromatic carbocycles. The molecule has 0 saturated carbocycles. The van der Waals surface area contributed by atoms with Crippen LogP contribution in [0.2, 0.25) is 0 Å². The number of rotatable bonds is 10. The van der Waals surface area contributed by atoms with Gasteiger partial charge in [-0.15, -0.1) is 0 Å². The predicted octanol–water partition coefficient (Wildman–Crippen LogP) is 2.93. The summed E-state index contributed by atoms with van der Waals surface area (Å²) in [5.41, 5.74) is 1.13. The summed E-state index contributed by atoms with van der Waals surface area (Å²) in [4.78, 5) is 3.78. The Hall–Kier alpha value is -2.45. The molecule has 0 aliphatic heterocycles. The third-order valence-corrected chi connectivity index (χ3v) is 6.05. The summed E-state index contributed by atoms with van der Waals surface area (Å²) in [6.07, 6.45) is 0.794. The van der Waals surface area contributed by atoms with Crippen LogP contribution in [0.5, 0.6) is 0 Å². The predicted molar refractivity (Wildman–Crippen MR) is 113 cm³/mol. The summed E-state index contributed by atoms with van der Waals surface area (Å²) in [6.45, 7) is 3.35. The maximum absolute atomic E-state index is 13.7. The number of aliphatic imine (C=N–C) groups is 1. The minimum atomic E-state index is -3.70. The van der Waals surface area contributed by atoms with Gasteiger partial charge in [0, 0.05) is 26.7 Å². The molecule has 0 fully saturated rings. The first-order chi connectivity index (χ1) is 13.9. The van der Waals surface area contributed by atoms with Crippen LogP contribution in [0.1, 0.15) is 25.0 Å². The number of ether oxygens (including phenoxy) is 1. The fraction of sp³-hybridized carbons (Fsp3) is 0.381. The molecule has 1 unspecified atom stereocenters. The van der Waals surface area contributed by atoms with Crippen LogP contribution < -0.4 is 10.6 Å². The molecule has 0 spiro atoms. The van der Waals surface area contributed by atoms with Crippen molar-refractivity contribution in [3.63, 3.8) is 0 Å². The van der Waals surface area contributed by atoms with E-state index in [0.717, 1.165) is 18.1 Å². The number of hydrogen-bond donors (Lipinski definition) is 2. The van der Waals surface area contributed by atoms with Crippen LogP contribution in [0, 0.1) is 5.82 Å². The Bertz CT molecular complexity index is 889. The topological polar surface area (TPSA) is 79.8 Å². The molecule has 0 aliphatic carbocycles. The number of guanidine groups is 1. The Morgan fingerprint density at radius 2 is 1.72 bits per heavy atom. The highest BCUT2D eigenvalue weighted by atomic mass is 32.2. The Morgan fingerprint density at radius 1 is 1.07 bits per heavy atom. The summed E-state index contributed by atoms with van der Waals surface area (Å²) < 4.78 is 44.0. The van der Waals surface area contributed by atoms with Crippen molar-refractivity contribution in [3.05, 3.63) is 66.0 Å². The van der Waals surface area contributed by atoms with Gasteiger partial charge in [-0.1, -0.05) is 42.5 Å². The fourth-order valence-corrected chi connectivity index (χ4v) is 3.93. The zero-order valence-electron chi connectivity index (χ0n) is 16.8. The monoisotopic (exact) mass is 421 g/mol. The number of benzene rings is 2. The third kappa shape index (κ3) is 7.47. The highest BCUT2D eigenvalue weighted by Gasteiger charge is 2.18. The van der Waals surface area contributed by atoms with Crippen LogP contribution in [0.25, 0.3) is 0 Å². The SMILES string of the molecule is CN=C(NCCCOC(C)c1ccccc1)NCCS(=O)(=O)c1ccccc1F. The number of nitrogens with zero attached hydrogens (tertiary/aromatic N) is 1. The average molecular weight is 422 g/mol. The lowest BCUT2D eigenvalue weighted by atomic mass is 10.1.